The molecule has 10 heteroatoms. The first kappa shape index (κ1) is 18.9. The van der Waals surface area contributed by atoms with Crippen molar-refractivity contribution in [3.63, 3.8) is 0 Å². The third kappa shape index (κ3) is 3.80. The summed E-state index contributed by atoms with van der Waals surface area (Å²) in [6.45, 7) is 1.93. The molecule has 0 saturated heterocycles. The first-order valence-corrected chi connectivity index (χ1v) is 8.01. The summed E-state index contributed by atoms with van der Waals surface area (Å²) in [5, 5.41) is 19.7. The molecule has 1 amide bonds. The van der Waals surface area contributed by atoms with Crippen LogP contribution in [0.5, 0.6) is 0 Å². The molecule has 2 aromatic rings. The molecule has 1 aliphatic heterocycles. The Morgan fingerprint density at radius 2 is 2.15 bits per heavy atom. The van der Waals surface area contributed by atoms with Gasteiger partial charge in [-0.05, 0) is 30.2 Å². The number of benzene rings is 1. The Bertz CT molecular complexity index is 907. The number of amides is 1. The number of halogens is 3. The van der Waals surface area contributed by atoms with Gasteiger partial charge in [-0.1, -0.05) is 23.4 Å². The molecule has 2 heterocycles. The van der Waals surface area contributed by atoms with Gasteiger partial charge in [0.15, 0.2) is 0 Å². The molecule has 0 aliphatic carbocycles. The Labute approximate surface area is 152 Å². The SMILES string of the molecule is Cc1cc(C(=O)NCc2cccc(C3=NOC(O)(C(F)(F)F)C3)c2)n(C)n1. The molecule has 1 atom stereocenters. The van der Waals surface area contributed by atoms with E-state index in [4.69, 9.17) is 0 Å². The van der Waals surface area contributed by atoms with Crippen LogP contribution in [-0.2, 0) is 18.4 Å². The van der Waals surface area contributed by atoms with Crippen LogP contribution < -0.4 is 5.32 Å². The second kappa shape index (κ2) is 6.69. The largest absolute Gasteiger partial charge is 0.458 e. The van der Waals surface area contributed by atoms with Crippen molar-refractivity contribution in [1.82, 2.24) is 15.1 Å². The minimum Gasteiger partial charge on any atom is -0.350 e. The molecule has 1 aromatic heterocycles. The van der Waals surface area contributed by atoms with Gasteiger partial charge in [0.05, 0.1) is 17.8 Å². The van der Waals surface area contributed by atoms with Gasteiger partial charge in [-0.2, -0.15) is 18.3 Å². The Morgan fingerprint density at radius 3 is 2.74 bits per heavy atom. The predicted octanol–water partition coefficient (Wildman–Crippen LogP) is 2.03. The van der Waals surface area contributed by atoms with Crippen molar-refractivity contribution >= 4 is 11.6 Å². The lowest BCUT2D eigenvalue weighted by Gasteiger charge is -2.22. The predicted molar refractivity (Wildman–Crippen MR) is 88.8 cm³/mol. The van der Waals surface area contributed by atoms with E-state index in [0.717, 1.165) is 0 Å². The molecular formula is C17H17F3N4O3. The van der Waals surface area contributed by atoms with Crippen molar-refractivity contribution in [2.24, 2.45) is 12.2 Å². The number of hydrogen-bond acceptors (Lipinski definition) is 5. The van der Waals surface area contributed by atoms with Crippen molar-refractivity contribution in [3.8, 4) is 0 Å². The van der Waals surface area contributed by atoms with Crippen LogP contribution in [0.4, 0.5) is 13.2 Å². The van der Waals surface area contributed by atoms with E-state index in [0.29, 0.717) is 22.5 Å². The second-order valence-corrected chi connectivity index (χ2v) is 6.27. The zero-order valence-corrected chi connectivity index (χ0v) is 14.5. The lowest BCUT2D eigenvalue weighted by Crippen LogP contribution is -2.45. The monoisotopic (exact) mass is 382 g/mol. The second-order valence-electron chi connectivity index (χ2n) is 6.27. The molecule has 0 radical (unpaired) electrons. The maximum atomic E-state index is 12.8. The number of aliphatic hydroxyl groups is 1. The fourth-order valence-corrected chi connectivity index (χ4v) is 2.69. The van der Waals surface area contributed by atoms with Crippen LogP contribution >= 0.6 is 0 Å². The molecule has 3 rings (SSSR count). The van der Waals surface area contributed by atoms with E-state index < -0.39 is 18.4 Å². The highest BCUT2D eigenvalue weighted by Gasteiger charge is 2.60. The van der Waals surface area contributed by atoms with Gasteiger partial charge in [-0.3, -0.25) is 9.48 Å². The van der Waals surface area contributed by atoms with Crippen molar-refractivity contribution in [2.75, 3.05) is 0 Å². The molecule has 1 aromatic carbocycles. The highest BCUT2D eigenvalue weighted by atomic mass is 19.4. The molecule has 0 saturated carbocycles. The fraction of sp³-hybridized carbons (Fsp3) is 0.353. The third-order valence-corrected chi connectivity index (χ3v) is 4.10. The minimum absolute atomic E-state index is 0.0229. The van der Waals surface area contributed by atoms with Crippen LogP contribution in [0.1, 0.15) is 33.7 Å². The average molecular weight is 382 g/mol. The zero-order valence-electron chi connectivity index (χ0n) is 14.5. The van der Waals surface area contributed by atoms with Crippen LogP contribution in [0.25, 0.3) is 0 Å². The van der Waals surface area contributed by atoms with Gasteiger partial charge < -0.3 is 15.3 Å². The molecule has 0 bridgehead atoms. The number of hydrogen-bond donors (Lipinski definition) is 2. The number of rotatable bonds is 4. The summed E-state index contributed by atoms with van der Waals surface area (Å²) in [4.78, 5) is 16.4. The van der Waals surface area contributed by atoms with E-state index in [1.807, 2.05) is 0 Å². The van der Waals surface area contributed by atoms with Gasteiger partial charge in [0.25, 0.3) is 5.91 Å². The standard InChI is InChI=1S/C17H17F3N4O3/c1-10-6-14(24(2)22-10)15(25)21-9-11-4-3-5-12(7-11)13-8-16(26,27-23-13)17(18,19)20/h3-7,26H,8-9H2,1-2H3,(H,21,25). The Hall–Kier alpha value is -2.88. The van der Waals surface area contributed by atoms with Gasteiger partial charge in [-0.25, -0.2) is 0 Å². The van der Waals surface area contributed by atoms with Crippen LogP contribution in [0.15, 0.2) is 35.5 Å². The number of carbonyl (C=O) groups excluding carboxylic acids is 1. The smallest absolute Gasteiger partial charge is 0.350 e. The highest BCUT2D eigenvalue weighted by molar-refractivity contribution is 6.01. The quantitative estimate of drug-likeness (QED) is 0.847. The summed E-state index contributed by atoms with van der Waals surface area (Å²) in [7, 11) is 1.66. The normalized spacial score (nSPS) is 19.6. The third-order valence-electron chi connectivity index (χ3n) is 4.10. The molecule has 2 N–H and O–H groups in total. The Kier molecular flexibility index (Phi) is 4.68. The van der Waals surface area contributed by atoms with Crippen LogP contribution in [0.3, 0.4) is 0 Å². The number of carbonyl (C=O) groups is 1. The lowest BCUT2D eigenvalue weighted by atomic mass is 10.0. The van der Waals surface area contributed by atoms with Gasteiger partial charge in [0.2, 0.25) is 0 Å². The molecule has 27 heavy (non-hydrogen) atoms. The Balaban J connectivity index is 1.68. The highest BCUT2D eigenvalue weighted by Crippen LogP contribution is 2.38. The molecule has 0 spiro atoms. The topological polar surface area (TPSA) is 88.7 Å². The molecule has 144 valence electrons. The summed E-state index contributed by atoms with van der Waals surface area (Å²) < 4.78 is 39.9. The molecule has 1 aliphatic rings. The van der Waals surface area contributed by atoms with Crippen molar-refractivity contribution in [3.05, 3.63) is 52.8 Å². The summed E-state index contributed by atoms with van der Waals surface area (Å²) >= 11 is 0. The molecule has 7 nitrogen and oxygen atoms in total. The van der Waals surface area contributed by atoms with Crippen LogP contribution in [0.2, 0.25) is 0 Å². The van der Waals surface area contributed by atoms with Gasteiger partial charge >= 0.3 is 12.0 Å². The Morgan fingerprint density at radius 1 is 1.41 bits per heavy atom. The molecule has 0 fully saturated rings. The maximum Gasteiger partial charge on any atom is 0.458 e. The first-order chi connectivity index (χ1) is 12.6. The van der Waals surface area contributed by atoms with Crippen molar-refractivity contribution < 1.29 is 27.9 Å². The number of aromatic nitrogens is 2. The van der Waals surface area contributed by atoms with Crippen LogP contribution in [0, 0.1) is 6.92 Å². The number of oxime groups is 1. The summed E-state index contributed by atoms with van der Waals surface area (Å²) in [6.07, 6.45) is -5.76. The lowest BCUT2D eigenvalue weighted by molar-refractivity contribution is -0.355. The van der Waals surface area contributed by atoms with E-state index in [1.165, 1.54) is 4.68 Å². The number of alkyl halides is 3. The van der Waals surface area contributed by atoms with E-state index in [2.05, 4.69) is 20.4 Å². The van der Waals surface area contributed by atoms with Gasteiger partial charge in [-0.15, -0.1) is 0 Å². The van der Waals surface area contributed by atoms with E-state index in [9.17, 15) is 23.1 Å². The summed E-state index contributed by atoms with van der Waals surface area (Å²) in [5.41, 5.74) is 2.11. The van der Waals surface area contributed by atoms with Crippen LogP contribution in [-0.4, -0.2) is 38.5 Å². The molecular weight excluding hydrogens is 365 g/mol. The average Bonchev–Trinajstić information content (AvgIpc) is 3.16. The van der Waals surface area contributed by atoms with E-state index >= 15 is 0 Å². The van der Waals surface area contributed by atoms with E-state index in [-0.39, 0.29) is 18.2 Å². The number of nitrogens with zero attached hydrogens (tertiary/aromatic N) is 3. The number of aryl methyl sites for hydroxylation is 2. The maximum absolute atomic E-state index is 12.8. The fourth-order valence-electron chi connectivity index (χ4n) is 2.69. The first-order valence-electron chi connectivity index (χ1n) is 8.01. The van der Waals surface area contributed by atoms with Gasteiger partial charge in [0, 0.05) is 13.6 Å². The zero-order chi connectivity index (χ0) is 19.8. The minimum atomic E-state index is -4.95. The number of nitrogens with one attached hydrogen (secondary N) is 1. The van der Waals surface area contributed by atoms with Gasteiger partial charge in [0.1, 0.15) is 5.69 Å². The van der Waals surface area contributed by atoms with Crippen molar-refractivity contribution in [1.29, 1.82) is 0 Å². The summed E-state index contributed by atoms with van der Waals surface area (Å²) in [5.74, 6) is -3.64. The summed E-state index contributed by atoms with van der Waals surface area (Å²) in [6, 6.07) is 8.12. The van der Waals surface area contributed by atoms with E-state index in [1.54, 1.807) is 44.3 Å². The van der Waals surface area contributed by atoms with Crippen molar-refractivity contribution in [2.45, 2.75) is 31.9 Å². The molecule has 1 unspecified atom stereocenters.